The molecule has 0 unspecified atom stereocenters. The van der Waals surface area contributed by atoms with Crippen molar-refractivity contribution >= 4 is 34.6 Å². The van der Waals surface area contributed by atoms with Crippen molar-refractivity contribution in [3.05, 3.63) is 36.0 Å². The number of aromatic amines is 1. The Balaban J connectivity index is 2.12. The van der Waals surface area contributed by atoms with E-state index >= 15 is 0 Å². The number of primary amides is 1. The van der Waals surface area contributed by atoms with E-state index in [1.54, 1.807) is 6.20 Å². The van der Waals surface area contributed by atoms with Gasteiger partial charge in [0.1, 0.15) is 12.1 Å². The zero-order chi connectivity index (χ0) is 20.0. The molecular weight excluding hydrogens is 352 g/mol. The molecule has 9 nitrogen and oxygen atoms in total. The Morgan fingerprint density at radius 1 is 1.15 bits per heavy atom. The maximum absolute atomic E-state index is 12.3. The highest BCUT2D eigenvalue weighted by Crippen LogP contribution is 2.19. The van der Waals surface area contributed by atoms with Gasteiger partial charge in [0.2, 0.25) is 17.7 Å². The number of hydrogen-bond donors (Lipinski definition) is 4. The number of nitrogens with two attached hydrogens (primary N) is 1. The number of esters is 1. The Bertz CT molecular complexity index is 860. The van der Waals surface area contributed by atoms with Crippen molar-refractivity contribution in [2.24, 2.45) is 5.73 Å². The van der Waals surface area contributed by atoms with Crippen molar-refractivity contribution in [1.82, 2.24) is 15.6 Å². The summed E-state index contributed by atoms with van der Waals surface area (Å²) in [5, 5.41) is 5.77. The third kappa shape index (κ3) is 5.30. The number of aromatic nitrogens is 1. The molecule has 0 fully saturated rings. The van der Waals surface area contributed by atoms with Crippen molar-refractivity contribution in [2.45, 2.75) is 31.8 Å². The fourth-order valence-electron chi connectivity index (χ4n) is 2.76. The van der Waals surface area contributed by atoms with Crippen LogP contribution in [0.5, 0.6) is 0 Å². The first-order valence-electron chi connectivity index (χ1n) is 8.30. The van der Waals surface area contributed by atoms with E-state index in [2.05, 4.69) is 15.6 Å². The van der Waals surface area contributed by atoms with E-state index in [-0.39, 0.29) is 12.8 Å². The van der Waals surface area contributed by atoms with Gasteiger partial charge < -0.3 is 26.1 Å². The first kappa shape index (κ1) is 20.0. The number of nitrogens with one attached hydrogen (secondary N) is 3. The zero-order valence-electron chi connectivity index (χ0n) is 15.1. The maximum Gasteiger partial charge on any atom is 0.328 e. The smallest absolute Gasteiger partial charge is 0.328 e. The molecule has 0 spiro atoms. The summed E-state index contributed by atoms with van der Waals surface area (Å²) < 4.78 is 4.77. The molecule has 0 bridgehead atoms. The van der Waals surface area contributed by atoms with Gasteiger partial charge in [-0.1, -0.05) is 18.2 Å². The molecule has 3 amide bonds. The summed E-state index contributed by atoms with van der Waals surface area (Å²) in [7, 11) is 1.22. The molecule has 0 saturated heterocycles. The minimum absolute atomic E-state index is 0.198. The number of ether oxygens (including phenoxy) is 1. The number of carbonyl (C=O) groups excluding carboxylic acids is 4. The Morgan fingerprint density at radius 2 is 1.85 bits per heavy atom. The monoisotopic (exact) mass is 374 g/mol. The van der Waals surface area contributed by atoms with E-state index in [9.17, 15) is 19.2 Å². The van der Waals surface area contributed by atoms with E-state index in [4.69, 9.17) is 10.5 Å². The molecule has 5 N–H and O–H groups in total. The molecule has 0 aliphatic rings. The summed E-state index contributed by atoms with van der Waals surface area (Å²) in [6.45, 7) is 1.21. The number of methoxy groups -OCH3 is 1. The summed E-state index contributed by atoms with van der Waals surface area (Å²) in [6.07, 6.45) is 1.58. The van der Waals surface area contributed by atoms with Gasteiger partial charge in [-0.2, -0.15) is 0 Å². The Labute approximate surface area is 155 Å². The highest BCUT2D eigenvalue weighted by Gasteiger charge is 2.26. The lowest BCUT2D eigenvalue weighted by molar-refractivity contribution is -0.145. The van der Waals surface area contributed by atoms with E-state index in [0.717, 1.165) is 16.5 Å². The van der Waals surface area contributed by atoms with Gasteiger partial charge in [-0.3, -0.25) is 14.4 Å². The van der Waals surface area contributed by atoms with Crippen molar-refractivity contribution in [3.63, 3.8) is 0 Å². The van der Waals surface area contributed by atoms with Gasteiger partial charge in [-0.15, -0.1) is 0 Å². The zero-order valence-corrected chi connectivity index (χ0v) is 15.1. The minimum Gasteiger partial charge on any atom is -0.467 e. The van der Waals surface area contributed by atoms with Gasteiger partial charge in [0.05, 0.1) is 13.5 Å². The van der Waals surface area contributed by atoms with Crippen molar-refractivity contribution < 1.29 is 23.9 Å². The molecule has 0 aliphatic heterocycles. The van der Waals surface area contributed by atoms with E-state index < -0.39 is 35.8 Å². The SMILES string of the molecule is COC(=O)[C@H](Cc1c[nH]c2ccccc12)NC(=O)C[C@H](NC(C)=O)C(N)=O. The van der Waals surface area contributed by atoms with Gasteiger partial charge in [-0.25, -0.2) is 4.79 Å². The van der Waals surface area contributed by atoms with E-state index in [1.807, 2.05) is 24.3 Å². The number of benzene rings is 1. The van der Waals surface area contributed by atoms with Gasteiger partial charge in [0.15, 0.2) is 0 Å². The van der Waals surface area contributed by atoms with Gasteiger partial charge in [-0.05, 0) is 11.6 Å². The molecule has 1 aromatic heterocycles. The largest absolute Gasteiger partial charge is 0.467 e. The Morgan fingerprint density at radius 3 is 2.48 bits per heavy atom. The van der Waals surface area contributed by atoms with Gasteiger partial charge >= 0.3 is 5.97 Å². The van der Waals surface area contributed by atoms with Crippen LogP contribution in [0.15, 0.2) is 30.5 Å². The van der Waals surface area contributed by atoms with Crippen LogP contribution < -0.4 is 16.4 Å². The number of hydrogen-bond acceptors (Lipinski definition) is 5. The van der Waals surface area contributed by atoms with Crippen LogP contribution in [-0.4, -0.2) is 47.9 Å². The van der Waals surface area contributed by atoms with Crippen LogP contribution in [0.1, 0.15) is 18.9 Å². The molecule has 27 heavy (non-hydrogen) atoms. The molecule has 0 radical (unpaired) electrons. The predicted octanol–water partition coefficient (Wildman–Crippen LogP) is -0.252. The van der Waals surface area contributed by atoms with E-state index in [0.29, 0.717) is 0 Å². The van der Waals surface area contributed by atoms with Crippen LogP contribution in [-0.2, 0) is 30.3 Å². The minimum atomic E-state index is -1.16. The molecule has 2 aromatic rings. The van der Waals surface area contributed by atoms with Crippen LogP contribution in [0.3, 0.4) is 0 Å². The quantitative estimate of drug-likeness (QED) is 0.471. The number of rotatable bonds is 8. The highest BCUT2D eigenvalue weighted by atomic mass is 16.5. The topological polar surface area (TPSA) is 143 Å². The number of para-hydroxylation sites is 1. The second-order valence-electron chi connectivity index (χ2n) is 6.07. The summed E-state index contributed by atoms with van der Waals surface area (Å²) >= 11 is 0. The lowest BCUT2D eigenvalue weighted by Crippen LogP contribution is -2.49. The maximum atomic E-state index is 12.3. The summed E-state index contributed by atoms with van der Waals surface area (Å²) in [4.78, 5) is 50.0. The van der Waals surface area contributed by atoms with Crippen LogP contribution in [0, 0.1) is 0 Å². The van der Waals surface area contributed by atoms with Crippen LogP contribution >= 0.6 is 0 Å². The number of amides is 3. The van der Waals surface area contributed by atoms with Crippen LogP contribution in [0.2, 0.25) is 0 Å². The van der Waals surface area contributed by atoms with Gasteiger partial charge in [0, 0.05) is 30.4 Å². The van der Waals surface area contributed by atoms with Crippen molar-refractivity contribution in [1.29, 1.82) is 0 Å². The normalized spacial score (nSPS) is 12.8. The van der Waals surface area contributed by atoms with Crippen molar-refractivity contribution in [2.75, 3.05) is 7.11 Å². The fourth-order valence-corrected chi connectivity index (χ4v) is 2.76. The van der Waals surface area contributed by atoms with E-state index in [1.165, 1.54) is 14.0 Å². The lowest BCUT2D eigenvalue weighted by atomic mass is 10.0. The highest BCUT2D eigenvalue weighted by molar-refractivity contribution is 5.92. The third-order valence-corrected chi connectivity index (χ3v) is 4.03. The summed E-state index contributed by atoms with van der Waals surface area (Å²) in [5.74, 6) is -2.56. The number of fused-ring (bicyclic) bond motifs is 1. The summed E-state index contributed by atoms with van der Waals surface area (Å²) in [5.41, 5.74) is 6.93. The first-order valence-corrected chi connectivity index (χ1v) is 8.30. The molecule has 2 rings (SSSR count). The van der Waals surface area contributed by atoms with Crippen LogP contribution in [0.25, 0.3) is 10.9 Å². The molecule has 1 heterocycles. The first-order chi connectivity index (χ1) is 12.8. The van der Waals surface area contributed by atoms with Crippen LogP contribution in [0.4, 0.5) is 0 Å². The average molecular weight is 374 g/mol. The molecule has 9 heteroatoms. The summed E-state index contributed by atoms with van der Waals surface area (Å²) in [6, 6.07) is 5.44. The predicted molar refractivity (Wildman–Crippen MR) is 97.4 cm³/mol. The van der Waals surface area contributed by atoms with Gasteiger partial charge in [0.25, 0.3) is 0 Å². The molecule has 0 saturated carbocycles. The molecule has 144 valence electrons. The molecular formula is C18H22N4O5. The average Bonchev–Trinajstić information content (AvgIpc) is 3.02. The number of carbonyl (C=O) groups is 4. The lowest BCUT2D eigenvalue weighted by Gasteiger charge is -2.19. The Kier molecular flexibility index (Phi) is 6.53. The Hall–Kier alpha value is -3.36. The fraction of sp³-hybridized carbons (Fsp3) is 0.333. The number of H-pyrrole nitrogens is 1. The molecule has 0 aliphatic carbocycles. The second kappa shape index (κ2) is 8.84. The molecule has 2 atom stereocenters. The second-order valence-corrected chi connectivity index (χ2v) is 6.07. The third-order valence-electron chi connectivity index (χ3n) is 4.03. The van der Waals surface area contributed by atoms with Crippen molar-refractivity contribution in [3.8, 4) is 0 Å². The molecule has 1 aromatic carbocycles. The standard InChI is InChI=1S/C18H22N4O5/c1-10(23)21-14(17(19)25)8-16(24)22-15(18(26)27-2)7-11-9-20-13-6-4-3-5-12(11)13/h3-6,9,14-15,20H,7-8H2,1-2H3,(H2,19,25)(H,21,23)(H,22,24)/t14-,15-/m0/s1.